The summed E-state index contributed by atoms with van der Waals surface area (Å²) in [6.07, 6.45) is 3.50. The SMILES string of the molecule is CCCC1SC(=NN=Cc2ccccc2)N(Cc2ccc(OC)cc2)C1=O. The Hall–Kier alpha value is -2.60. The summed E-state index contributed by atoms with van der Waals surface area (Å²) in [5, 5.41) is 9.11. The van der Waals surface area contributed by atoms with Crippen LogP contribution in [0.25, 0.3) is 0 Å². The van der Waals surface area contributed by atoms with E-state index in [9.17, 15) is 4.79 Å². The molecule has 1 unspecified atom stereocenters. The van der Waals surface area contributed by atoms with Crippen LogP contribution in [0.3, 0.4) is 0 Å². The van der Waals surface area contributed by atoms with Gasteiger partial charge < -0.3 is 4.74 Å². The van der Waals surface area contributed by atoms with E-state index in [1.165, 1.54) is 11.8 Å². The molecule has 3 rings (SSSR count). The number of benzene rings is 2. The fraction of sp³-hybridized carbons (Fsp3) is 0.286. The van der Waals surface area contributed by atoms with E-state index >= 15 is 0 Å². The van der Waals surface area contributed by atoms with Crippen LogP contribution in [0.2, 0.25) is 0 Å². The van der Waals surface area contributed by atoms with Crippen molar-refractivity contribution in [2.24, 2.45) is 10.2 Å². The van der Waals surface area contributed by atoms with Crippen molar-refractivity contribution in [3.63, 3.8) is 0 Å². The summed E-state index contributed by atoms with van der Waals surface area (Å²) in [6.45, 7) is 2.57. The second-order valence-electron chi connectivity index (χ2n) is 6.21. The minimum absolute atomic E-state index is 0.0843. The number of carbonyl (C=O) groups is 1. The lowest BCUT2D eigenvalue weighted by Crippen LogP contribution is -2.31. The van der Waals surface area contributed by atoms with Crippen LogP contribution in [-0.2, 0) is 11.3 Å². The highest BCUT2D eigenvalue weighted by Crippen LogP contribution is 2.31. The first-order valence-corrected chi connectivity index (χ1v) is 9.86. The summed E-state index contributed by atoms with van der Waals surface area (Å²) in [4.78, 5) is 14.5. The number of amides is 1. The number of hydrogen-bond acceptors (Lipinski definition) is 5. The molecule has 0 spiro atoms. The van der Waals surface area contributed by atoms with Crippen LogP contribution >= 0.6 is 11.8 Å². The number of carbonyl (C=O) groups excluding carboxylic acids is 1. The van der Waals surface area contributed by atoms with Gasteiger partial charge in [-0.05, 0) is 29.7 Å². The number of ether oxygens (including phenoxy) is 1. The largest absolute Gasteiger partial charge is 0.497 e. The summed E-state index contributed by atoms with van der Waals surface area (Å²) < 4.78 is 5.20. The predicted molar refractivity (Wildman–Crippen MR) is 111 cm³/mol. The highest BCUT2D eigenvalue weighted by Gasteiger charge is 2.37. The van der Waals surface area contributed by atoms with Crippen LogP contribution in [0.5, 0.6) is 5.75 Å². The Balaban J connectivity index is 1.78. The van der Waals surface area contributed by atoms with Crippen LogP contribution in [0, 0.1) is 0 Å². The van der Waals surface area contributed by atoms with Crippen molar-refractivity contribution in [2.45, 2.75) is 31.6 Å². The van der Waals surface area contributed by atoms with Crippen molar-refractivity contribution < 1.29 is 9.53 Å². The number of rotatable bonds is 7. The Kier molecular flexibility index (Phi) is 6.65. The number of amidine groups is 1. The fourth-order valence-corrected chi connectivity index (χ4v) is 3.99. The molecule has 2 aromatic carbocycles. The van der Waals surface area contributed by atoms with Crippen molar-refractivity contribution >= 4 is 29.1 Å². The minimum atomic E-state index is -0.0843. The van der Waals surface area contributed by atoms with Crippen LogP contribution in [0.1, 0.15) is 30.9 Å². The van der Waals surface area contributed by atoms with Gasteiger partial charge in [-0.25, -0.2) is 0 Å². The van der Waals surface area contributed by atoms with Crippen LogP contribution in [-0.4, -0.2) is 34.5 Å². The lowest BCUT2D eigenvalue weighted by Gasteiger charge is -2.16. The maximum atomic E-state index is 12.8. The minimum Gasteiger partial charge on any atom is -0.497 e. The van der Waals surface area contributed by atoms with E-state index in [0.29, 0.717) is 11.7 Å². The van der Waals surface area contributed by atoms with Crippen molar-refractivity contribution in [1.82, 2.24) is 4.90 Å². The Morgan fingerprint density at radius 2 is 1.89 bits per heavy atom. The molecule has 140 valence electrons. The summed E-state index contributed by atoms with van der Waals surface area (Å²) in [5.41, 5.74) is 2.00. The molecule has 1 heterocycles. The van der Waals surface area contributed by atoms with Gasteiger partial charge in [0.1, 0.15) is 5.75 Å². The number of nitrogens with zero attached hydrogens (tertiary/aromatic N) is 3. The average molecular weight is 382 g/mol. The van der Waals surface area contributed by atoms with Crippen molar-refractivity contribution in [2.75, 3.05) is 7.11 Å². The molecule has 0 radical (unpaired) electrons. The molecule has 27 heavy (non-hydrogen) atoms. The molecule has 1 atom stereocenters. The topological polar surface area (TPSA) is 54.3 Å². The Labute approximate surface area is 164 Å². The molecule has 0 aliphatic carbocycles. The molecule has 0 saturated carbocycles. The van der Waals surface area contributed by atoms with Crippen LogP contribution in [0.15, 0.2) is 64.8 Å². The predicted octanol–water partition coefficient (Wildman–Crippen LogP) is 4.33. The summed E-state index contributed by atoms with van der Waals surface area (Å²) in [7, 11) is 1.64. The molecule has 0 N–H and O–H groups in total. The van der Waals surface area contributed by atoms with E-state index in [-0.39, 0.29) is 11.2 Å². The molecule has 0 bridgehead atoms. The number of thioether (sulfide) groups is 1. The number of hydrogen-bond donors (Lipinski definition) is 0. The average Bonchev–Trinajstić information content (AvgIpc) is 2.99. The maximum Gasteiger partial charge on any atom is 0.242 e. The highest BCUT2D eigenvalue weighted by molar-refractivity contribution is 8.15. The number of methoxy groups -OCH3 is 1. The Morgan fingerprint density at radius 1 is 1.15 bits per heavy atom. The molecule has 0 aromatic heterocycles. The lowest BCUT2D eigenvalue weighted by molar-refractivity contribution is -0.126. The van der Waals surface area contributed by atoms with Crippen molar-refractivity contribution in [1.29, 1.82) is 0 Å². The maximum absolute atomic E-state index is 12.8. The van der Waals surface area contributed by atoms with Gasteiger partial charge in [0.15, 0.2) is 5.17 Å². The molecule has 1 amide bonds. The van der Waals surface area contributed by atoms with Gasteiger partial charge in [0, 0.05) is 0 Å². The Morgan fingerprint density at radius 3 is 2.56 bits per heavy atom. The Bertz CT molecular complexity index is 819. The van der Waals surface area contributed by atoms with E-state index in [4.69, 9.17) is 4.74 Å². The molecule has 5 nitrogen and oxygen atoms in total. The van der Waals surface area contributed by atoms with E-state index in [1.54, 1.807) is 18.2 Å². The van der Waals surface area contributed by atoms with Gasteiger partial charge in [-0.1, -0.05) is 67.6 Å². The van der Waals surface area contributed by atoms with E-state index in [2.05, 4.69) is 17.1 Å². The zero-order valence-corrected chi connectivity index (χ0v) is 16.4. The zero-order valence-electron chi connectivity index (χ0n) is 15.5. The second kappa shape index (κ2) is 9.37. The molecule has 2 aromatic rings. The third kappa shape index (κ3) is 4.98. The molecular weight excluding hydrogens is 358 g/mol. The zero-order chi connectivity index (χ0) is 19.1. The monoisotopic (exact) mass is 381 g/mol. The second-order valence-corrected chi connectivity index (χ2v) is 7.38. The first-order valence-electron chi connectivity index (χ1n) is 8.98. The first-order chi connectivity index (χ1) is 13.2. The van der Waals surface area contributed by atoms with Gasteiger partial charge in [0.25, 0.3) is 0 Å². The third-order valence-corrected chi connectivity index (χ3v) is 5.46. The first kappa shape index (κ1) is 19.2. The standard InChI is InChI=1S/C21H23N3O2S/c1-3-7-19-20(25)24(15-17-10-12-18(26-2)13-11-17)21(27-19)23-22-14-16-8-5-4-6-9-16/h4-6,8-14,19H,3,7,15H2,1-2H3. The molecular formula is C21H23N3O2S. The van der Waals surface area contributed by atoms with Crippen molar-refractivity contribution in [3.05, 3.63) is 65.7 Å². The van der Waals surface area contributed by atoms with E-state index < -0.39 is 0 Å². The summed E-state index contributed by atoms with van der Waals surface area (Å²) >= 11 is 1.50. The van der Waals surface area contributed by atoms with Gasteiger partial charge in [-0.2, -0.15) is 5.10 Å². The van der Waals surface area contributed by atoms with Gasteiger partial charge >= 0.3 is 0 Å². The van der Waals surface area contributed by atoms with Crippen LogP contribution < -0.4 is 4.74 Å². The van der Waals surface area contributed by atoms with Gasteiger partial charge in [-0.3, -0.25) is 9.69 Å². The highest BCUT2D eigenvalue weighted by atomic mass is 32.2. The van der Waals surface area contributed by atoms with Crippen molar-refractivity contribution in [3.8, 4) is 5.75 Å². The van der Waals surface area contributed by atoms with E-state index in [1.807, 2.05) is 54.6 Å². The smallest absolute Gasteiger partial charge is 0.242 e. The normalized spacial score (nSPS) is 18.6. The quantitative estimate of drug-likeness (QED) is 0.530. The van der Waals surface area contributed by atoms with Gasteiger partial charge in [0.2, 0.25) is 5.91 Å². The molecule has 1 aliphatic rings. The van der Waals surface area contributed by atoms with Crippen LogP contribution in [0.4, 0.5) is 0 Å². The van der Waals surface area contributed by atoms with Gasteiger partial charge in [0.05, 0.1) is 25.1 Å². The lowest BCUT2D eigenvalue weighted by atomic mass is 10.2. The molecule has 1 fully saturated rings. The molecule has 6 heteroatoms. The fourth-order valence-electron chi connectivity index (χ4n) is 2.77. The third-order valence-electron chi connectivity index (χ3n) is 4.22. The van der Waals surface area contributed by atoms with E-state index in [0.717, 1.165) is 29.7 Å². The summed E-state index contributed by atoms with van der Waals surface area (Å²) in [5.74, 6) is 0.900. The van der Waals surface area contributed by atoms with Gasteiger partial charge in [-0.15, -0.1) is 5.10 Å². The molecule has 1 aliphatic heterocycles. The molecule has 1 saturated heterocycles. The summed E-state index contributed by atoms with van der Waals surface area (Å²) in [6, 6.07) is 17.5.